The third-order valence-electron chi connectivity index (χ3n) is 2.06. The lowest BCUT2D eigenvalue weighted by Gasteiger charge is -2.20. The molecule has 1 aliphatic heterocycles. The first-order valence-corrected chi connectivity index (χ1v) is 5.38. The maximum atomic E-state index is 10.7. The van der Waals surface area contributed by atoms with Gasteiger partial charge in [-0.15, -0.1) is 0 Å². The van der Waals surface area contributed by atoms with Crippen LogP contribution in [0.2, 0.25) is 0 Å². The predicted molar refractivity (Wildman–Crippen MR) is 50.5 cm³/mol. The Morgan fingerprint density at radius 3 is 2.83 bits per heavy atom. The molecule has 1 fully saturated rings. The fourth-order valence-corrected chi connectivity index (χ4v) is 2.45. The molecule has 1 N–H and O–H groups in total. The average Bonchev–Trinajstić information content (AvgIpc) is 2.16. The molecule has 0 aromatic rings. The molecule has 1 heterocycles. The van der Waals surface area contributed by atoms with E-state index in [1.54, 1.807) is 0 Å². The Hall–Kier alpha value is -0.380. The molecule has 0 aromatic carbocycles. The van der Waals surface area contributed by atoms with Gasteiger partial charge in [0.25, 0.3) is 0 Å². The molecule has 1 saturated heterocycles. The van der Waals surface area contributed by atoms with E-state index in [9.17, 15) is 4.79 Å². The summed E-state index contributed by atoms with van der Waals surface area (Å²) >= 11 is 1.99. The topological polar surface area (TPSA) is 38.3 Å². The van der Waals surface area contributed by atoms with Crippen LogP contribution in [-0.4, -0.2) is 31.3 Å². The zero-order chi connectivity index (χ0) is 8.81. The minimum absolute atomic E-state index is 0.312. The van der Waals surface area contributed by atoms with Crippen LogP contribution in [0.15, 0.2) is 0 Å². The Balaban J connectivity index is 2.09. The van der Waals surface area contributed by atoms with E-state index in [0.717, 1.165) is 6.54 Å². The second-order valence-electron chi connectivity index (χ2n) is 2.93. The minimum atomic E-state index is -0.312. The van der Waals surface area contributed by atoms with Crippen molar-refractivity contribution in [1.29, 1.82) is 0 Å². The quantitative estimate of drug-likeness (QED) is 0.715. The summed E-state index contributed by atoms with van der Waals surface area (Å²) in [5, 5.41) is 2.73. The number of hydrogen-bond donors (Lipinski definition) is 1. The summed E-state index contributed by atoms with van der Waals surface area (Å²) in [6, 6.07) is 0. The van der Waals surface area contributed by atoms with Crippen LogP contribution < -0.4 is 5.32 Å². The van der Waals surface area contributed by atoms with Crippen LogP contribution in [0.4, 0.5) is 4.79 Å². The lowest BCUT2D eigenvalue weighted by atomic mass is 10.0. The Morgan fingerprint density at radius 2 is 2.25 bits per heavy atom. The summed E-state index contributed by atoms with van der Waals surface area (Å²) in [5.41, 5.74) is 0. The fraction of sp³-hybridized carbons (Fsp3) is 0.875. The van der Waals surface area contributed by atoms with Crippen LogP contribution in [0.1, 0.15) is 12.8 Å². The number of amides is 1. The standard InChI is InChI=1S/C8H15NO2S/c1-11-8(10)9-6-7-2-4-12-5-3-7/h7H,2-6H2,1H3,(H,9,10). The molecule has 12 heavy (non-hydrogen) atoms. The number of thioether (sulfide) groups is 1. The molecule has 3 nitrogen and oxygen atoms in total. The number of nitrogens with one attached hydrogen (secondary N) is 1. The summed E-state index contributed by atoms with van der Waals surface area (Å²) in [5.74, 6) is 3.12. The minimum Gasteiger partial charge on any atom is -0.453 e. The Kier molecular flexibility index (Phi) is 4.29. The van der Waals surface area contributed by atoms with Gasteiger partial charge in [-0.3, -0.25) is 0 Å². The molecule has 1 rings (SSSR count). The molecule has 0 unspecified atom stereocenters. The Morgan fingerprint density at radius 1 is 1.58 bits per heavy atom. The molecule has 70 valence electrons. The first-order valence-electron chi connectivity index (χ1n) is 4.22. The highest BCUT2D eigenvalue weighted by molar-refractivity contribution is 7.99. The van der Waals surface area contributed by atoms with Gasteiger partial charge in [0.05, 0.1) is 7.11 Å². The molecule has 0 atom stereocenters. The van der Waals surface area contributed by atoms with E-state index in [0.29, 0.717) is 5.92 Å². The molecule has 0 aromatic heterocycles. The molecule has 0 spiro atoms. The van der Waals surface area contributed by atoms with Crippen LogP contribution in [0, 0.1) is 5.92 Å². The summed E-state index contributed by atoms with van der Waals surface area (Å²) in [7, 11) is 1.39. The molecule has 1 aliphatic rings. The number of ether oxygens (including phenoxy) is 1. The maximum absolute atomic E-state index is 10.7. The summed E-state index contributed by atoms with van der Waals surface area (Å²) in [6.45, 7) is 0.771. The Bertz CT molecular complexity index is 146. The fourth-order valence-electron chi connectivity index (χ4n) is 1.25. The van der Waals surface area contributed by atoms with Crippen molar-refractivity contribution in [2.24, 2.45) is 5.92 Å². The van der Waals surface area contributed by atoms with E-state index in [2.05, 4.69) is 10.1 Å². The summed E-state index contributed by atoms with van der Waals surface area (Å²) in [6.07, 6.45) is 2.12. The van der Waals surface area contributed by atoms with Crippen LogP contribution in [0.3, 0.4) is 0 Å². The van der Waals surface area contributed by atoms with Crippen molar-refractivity contribution in [2.45, 2.75) is 12.8 Å². The zero-order valence-electron chi connectivity index (χ0n) is 7.34. The number of carbonyl (C=O) groups is 1. The molecule has 0 radical (unpaired) electrons. The third kappa shape index (κ3) is 3.34. The number of carbonyl (C=O) groups excluding carboxylic acids is 1. The molecule has 0 aliphatic carbocycles. The van der Waals surface area contributed by atoms with Gasteiger partial charge in [0.2, 0.25) is 0 Å². The van der Waals surface area contributed by atoms with Gasteiger partial charge in [0, 0.05) is 6.54 Å². The second kappa shape index (κ2) is 5.30. The van der Waals surface area contributed by atoms with Crippen molar-refractivity contribution in [1.82, 2.24) is 5.32 Å². The van der Waals surface area contributed by atoms with Crippen LogP contribution in [-0.2, 0) is 4.74 Å². The third-order valence-corrected chi connectivity index (χ3v) is 3.11. The molecular formula is C8H15NO2S. The van der Waals surface area contributed by atoms with Gasteiger partial charge >= 0.3 is 6.09 Å². The van der Waals surface area contributed by atoms with Gasteiger partial charge < -0.3 is 10.1 Å². The summed E-state index contributed by atoms with van der Waals surface area (Å²) in [4.78, 5) is 10.7. The SMILES string of the molecule is COC(=O)NCC1CCSCC1. The van der Waals surface area contributed by atoms with Crippen molar-refractivity contribution in [3.63, 3.8) is 0 Å². The Labute approximate surface area is 77.2 Å². The highest BCUT2D eigenvalue weighted by Crippen LogP contribution is 2.21. The second-order valence-corrected chi connectivity index (χ2v) is 4.15. The number of methoxy groups -OCH3 is 1. The van der Waals surface area contributed by atoms with Gasteiger partial charge in [-0.25, -0.2) is 4.79 Å². The highest BCUT2D eigenvalue weighted by atomic mass is 32.2. The molecule has 1 amide bonds. The molecule has 0 saturated carbocycles. The van der Waals surface area contributed by atoms with Crippen molar-refractivity contribution < 1.29 is 9.53 Å². The summed E-state index contributed by atoms with van der Waals surface area (Å²) < 4.78 is 4.49. The van der Waals surface area contributed by atoms with Crippen LogP contribution in [0.25, 0.3) is 0 Å². The largest absolute Gasteiger partial charge is 0.453 e. The van der Waals surface area contributed by atoms with E-state index in [1.807, 2.05) is 11.8 Å². The van der Waals surface area contributed by atoms with Crippen molar-refractivity contribution >= 4 is 17.9 Å². The van der Waals surface area contributed by atoms with E-state index < -0.39 is 0 Å². The zero-order valence-corrected chi connectivity index (χ0v) is 8.15. The van der Waals surface area contributed by atoms with Gasteiger partial charge in [-0.05, 0) is 30.3 Å². The highest BCUT2D eigenvalue weighted by Gasteiger charge is 2.14. The normalized spacial score (nSPS) is 18.8. The van der Waals surface area contributed by atoms with E-state index in [1.165, 1.54) is 31.5 Å². The molecule has 0 bridgehead atoms. The molecule has 4 heteroatoms. The van der Waals surface area contributed by atoms with Crippen molar-refractivity contribution in [3.05, 3.63) is 0 Å². The first kappa shape index (κ1) is 9.71. The van der Waals surface area contributed by atoms with Crippen LogP contribution in [0.5, 0.6) is 0 Å². The first-order chi connectivity index (χ1) is 5.83. The monoisotopic (exact) mass is 189 g/mol. The van der Waals surface area contributed by atoms with Crippen LogP contribution >= 0.6 is 11.8 Å². The van der Waals surface area contributed by atoms with E-state index >= 15 is 0 Å². The smallest absolute Gasteiger partial charge is 0.406 e. The van der Waals surface area contributed by atoms with Crippen molar-refractivity contribution in [2.75, 3.05) is 25.2 Å². The maximum Gasteiger partial charge on any atom is 0.406 e. The van der Waals surface area contributed by atoms with Gasteiger partial charge in [-0.2, -0.15) is 11.8 Å². The number of rotatable bonds is 2. The van der Waals surface area contributed by atoms with Gasteiger partial charge in [0.15, 0.2) is 0 Å². The average molecular weight is 189 g/mol. The van der Waals surface area contributed by atoms with Gasteiger partial charge in [-0.1, -0.05) is 0 Å². The lowest BCUT2D eigenvalue weighted by Crippen LogP contribution is -2.30. The molecular weight excluding hydrogens is 174 g/mol. The van der Waals surface area contributed by atoms with Gasteiger partial charge in [0.1, 0.15) is 0 Å². The number of hydrogen-bond acceptors (Lipinski definition) is 3. The van der Waals surface area contributed by atoms with Crippen molar-refractivity contribution in [3.8, 4) is 0 Å². The lowest BCUT2D eigenvalue weighted by molar-refractivity contribution is 0.168. The predicted octanol–water partition coefficient (Wildman–Crippen LogP) is 1.49. The van der Waals surface area contributed by atoms with E-state index in [-0.39, 0.29) is 6.09 Å². The number of alkyl carbamates (subject to hydrolysis) is 1. The van der Waals surface area contributed by atoms with E-state index in [4.69, 9.17) is 0 Å².